The number of aryl methyl sites for hydroxylation is 1. The average molecular weight is 195 g/mol. The van der Waals surface area contributed by atoms with Gasteiger partial charge in [0.2, 0.25) is 0 Å². The summed E-state index contributed by atoms with van der Waals surface area (Å²) < 4.78 is 5.01. The molecule has 0 aliphatic rings. The second-order valence-electron chi connectivity index (χ2n) is 3.12. The first kappa shape index (κ1) is 10.4. The number of carboxylic acid groups (broad SMARTS) is 1. The summed E-state index contributed by atoms with van der Waals surface area (Å²) in [4.78, 5) is 10.9. The molecule has 1 aromatic carbocycles. The number of nitrogens with two attached hydrogens (primary N) is 1. The Bertz CT molecular complexity index is 385. The zero-order chi connectivity index (χ0) is 10.9. The van der Waals surface area contributed by atoms with Gasteiger partial charge in [0, 0.05) is 11.3 Å². The molecule has 0 radical (unpaired) electrons. The molecule has 1 rings (SSSR count). The third kappa shape index (κ3) is 1.51. The summed E-state index contributed by atoms with van der Waals surface area (Å²) in [5, 5.41) is 8.92. The van der Waals surface area contributed by atoms with E-state index in [-0.39, 0.29) is 5.56 Å². The Morgan fingerprint density at radius 1 is 1.50 bits per heavy atom. The SMILES string of the molecule is COc1c(C(=O)O)cc(C)c(N)c1C. The molecule has 0 atom stereocenters. The highest BCUT2D eigenvalue weighted by atomic mass is 16.5. The zero-order valence-corrected chi connectivity index (χ0v) is 8.42. The first-order chi connectivity index (χ1) is 6.49. The Balaban J connectivity index is 3.51. The van der Waals surface area contributed by atoms with Gasteiger partial charge in [-0.05, 0) is 25.5 Å². The molecule has 4 nitrogen and oxygen atoms in total. The Labute approximate surface area is 82.3 Å². The number of carboxylic acids is 1. The van der Waals surface area contributed by atoms with E-state index >= 15 is 0 Å². The lowest BCUT2D eigenvalue weighted by molar-refractivity contribution is 0.0693. The van der Waals surface area contributed by atoms with E-state index in [1.165, 1.54) is 13.2 Å². The number of hydrogen-bond donors (Lipinski definition) is 2. The van der Waals surface area contributed by atoms with Crippen LogP contribution < -0.4 is 10.5 Å². The Kier molecular flexibility index (Phi) is 2.65. The molecule has 0 fully saturated rings. The summed E-state index contributed by atoms with van der Waals surface area (Å²) in [5.74, 6) is -0.673. The molecule has 0 amide bonds. The predicted octanol–water partition coefficient (Wildman–Crippen LogP) is 1.59. The first-order valence-corrected chi connectivity index (χ1v) is 4.16. The van der Waals surface area contributed by atoms with E-state index in [4.69, 9.17) is 15.6 Å². The van der Waals surface area contributed by atoms with Crippen LogP contribution in [0.1, 0.15) is 21.5 Å². The summed E-state index contributed by atoms with van der Waals surface area (Å²) in [6.07, 6.45) is 0. The average Bonchev–Trinajstić information content (AvgIpc) is 2.13. The molecule has 0 aromatic heterocycles. The topological polar surface area (TPSA) is 72.5 Å². The van der Waals surface area contributed by atoms with E-state index in [0.29, 0.717) is 17.0 Å². The van der Waals surface area contributed by atoms with Crippen LogP contribution >= 0.6 is 0 Å². The van der Waals surface area contributed by atoms with E-state index in [2.05, 4.69) is 0 Å². The summed E-state index contributed by atoms with van der Waals surface area (Å²) >= 11 is 0. The summed E-state index contributed by atoms with van der Waals surface area (Å²) in [5.41, 5.74) is 7.90. The van der Waals surface area contributed by atoms with Gasteiger partial charge in [-0.3, -0.25) is 0 Å². The highest BCUT2D eigenvalue weighted by Gasteiger charge is 2.16. The number of carbonyl (C=O) groups is 1. The van der Waals surface area contributed by atoms with E-state index in [0.717, 1.165) is 5.56 Å². The van der Waals surface area contributed by atoms with Crippen LogP contribution in [0.25, 0.3) is 0 Å². The third-order valence-electron chi connectivity index (χ3n) is 2.21. The quantitative estimate of drug-likeness (QED) is 0.703. The van der Waals surface area contributed by atoms with Crippen molar-refractivity contribution in [3.63, 3.8) is 0 Å². The molecule has 0 saturated heterocycles. The number of aromatic carboxylic acids is 1. The van der Waals surface area contributed by atoms with Gasteiger partial charge in [0.1, 0.15) is 11.3 Å². The minimum Gasteiger partial charge on any atom is -0.495 e. The normalized spacial score (nSPS) is 9.93. The molecule has 0 unspecified atom stereocenters. The molecular weight excluding hydrogens is 182 g/mol. The lowest BCUT2D eigenvalue weighted by atomic mass is 10.0. The minimum absolute atomic E-state index is 0.150. The van der Waals surface area contributed by atoms with Crippen LogP contribution in [0.2, 0.25) is 0 Å². The Morgan fingerprint density at radius 2 is 2.07 bits per heavy atom. The first-order valence-electron chi connectivity index (χ1n) is 4.16. The van der Waals surface area contributed by atoms with Crippen molar-refractivity contribution < 1.29 is 14.6 Å². The number of benzene rings is 1. The highest BCUT2D eigenvalue weighted by Crippen LogP contribution is 2.30. The van der Waals surface area contributed by atoms with Crippen molar-refractivity contribution in [1.82, 2.24) is 0 Å². The second-order valence-corrected chi connectivity index (χ2v) is 3.12. The number of rotatable bonds is 2. The molecule has 0 saturated carbocycles. The molecule has 0 aliphatic carbocycles. The zero-order valence-electron chi connectivity index (χ0n) is 8.42. The van der Waals surface area contributed by atoms with Gasteiger partial charge in [0.05, 0.1) is 7.11 Å². The van der Waals surface area contributed by atoms with E-state index in [1.807, 2.05) is 0 Å². The van der Waals surface area contributed by atoms with Crippen molar-refractivity contribution in [3.05, 3.63) is 22.8 Å². The van der Waals surface area contributed by atoms with Crippen LogP contribution in [0, 0.1) is 13.8 Å². The number of ether oxygens (including phenoxy) is 1. The molecule has 0 spiro atoms. The van der Waals surface area contributed by atoms with Gasteiger partial charge in [-0.1, -0.05) is 0 Å². The molecule has 76 valence electrons. The lowest BCUT2D eigenvalue weighted by Crippen LogP contribution is -2.06. The van der Waals surface area contributed by atoms with Crippen LogP contribution in [0.3, 0.4) is 0 Å². The van der Waals surface area contributed by atoms with Crippen LogP contribution in [0.5, 0.6) is 5.75 Å². The van der Waals surface area contributed by atoms with Crippen molar-refractivity contribution in [2.24, 2.45) is 0 Å². The lowest BCUT2D eigenvalue weighted by Gasteiger charge is -2.12. The fourth-order valence-corrected chi connectivity index (χ4v) is 1.40. The van der Waals surface area contributed by atoms with Gasteiger partial charge < -0.3 is 15.6 Å². The van der Waals surface area contributed by atoms with Gasteiger partial charge in [-0.2, -0.15) is 0 Å². The summed E-state index contributed by atoms with van der Waals surface area (Å²) in [6.45, 7) is 3.52. The number of hydrogen-bond acceptors (Lipinski definition) is 3. The van der Waals surface area contributed by atoms with Crippen molar-refractivity contribution >= 4 is 11.7 Å². The van der Waals surface area contributed by atoms with Crippen molar-refractivity contribution in [2.45, 2.75) is 13.8 Å². The number of methoxy groups -OCH3 is 1. The van der Waals surface area contributed by atoms with Crippen LogP contribution in [-0.4, -0.2) is 18.2 Å². The molecule has 3 N–H and O–H groups in total. The highest BCUT2D eigenvalue weighted by molar-refractivity contribution is 5.93. The monoisotopic (exact) mass is 195 g/mol. The largest absolute Gasteiger partial charge is 0.495 e. The Hall–Kier alpha value is -1.71. The van der Waals surface area contributed by atoms with Crippen LogP contribution in [0.15, 0.2) is 6.07 Å². The minimum atomic E-state index is -1.01. The van der Waals surface area contributed by atoms with E-state index < -0.39 is 5.97 Å². The van der Waals surface area contributed by atoms with Crippen LogP contribution in [-0.2, 0) is 0 Å². The fourth-order valence-electron chi connectivity index (χ4n) is 1.40. The van der Waals surface area contributed by atoms with Crippen molar-refractivity contribution in [2.75, 3.05) is 12.8 Å². The number of nitrogen functional groups attached to an aromatic ring is 1. The molecule has 0 aliphatic heterocycles. The standard InChI is InChI=1S/C10H13NO3/c1-5-4-7(10(12)13)9(14-3)6(2)8(5)11/h4H,11H2,1-3H3,(H,12,13). The van der Waals surface area contributed by atoms with Crippen LogP contribution in [0.4, 0.5) is 5.69 Å². The maximum Gasteiger partial charge on any atom is 0.339 e. The Morgan fingerprint density at radius 3 is 2.50 bits per heavy atom. The summed E-state index contributed by atoms with van der Waals surface area (Å²) in [6, 6.07) is 1.52. The van der Waals surface area contributed by atoms with Crippen molar-refractivity contribution in [1.29, 1.82) is 0 Å². The smallest absolute Gasteiger partial charge is 0.339 e. The maximum atomic E-state index is 10.9. The molecular formula is C10H13NO3. The van der Waals surface area contributed by atoms with Crippen molar-refractivity contribution in [3.8, 4) is 5.75 Å². The fraction of sp³-hybridized carbons (Fsp3) is 0.300. The molecule has 1 aromatic rings. The molecule has 4 heteroatoms. The predicted molar refractivity (Wildman–Crippen MR) is 53.8 cm³/mol. The molecule has 14 heavy (non-hydrogen) atoms. The van der Waals surface area contributed by atoms with E-state index in [9.17, 15) is 4.79 Å². The molecule has 0 bridgehead atoms. The van der Waals surface area contributed by atoms with Gasteiger partial charge in [0.25, 0.3) is 0 Å². The maximum absolute atomic E-state index is 10.9. The van der Waals surface area contributed by atoms with Gasteiger partial charge in [-0.25, -0.2) is 4.79 Å². The van der Waals surface area contributed by atoms with Gasteiger partial charge >= 0.3 is 5.97 Å². The summed E-state index contributed by atoms with van der Waals surface area (Å²) in [7, 11) is 1.43. The third-order valence-corrected chi connectivity index (χ3v) is 2.21. The van der Waals surface area contributed by atoms with Gasteiger partial charge in [0.15, 0.2) is 0 Å². The molecule has 0 heterocycles. The number of anilines is 1. The second kappa shape index (κ2) is 3.57. The van der Waals surface area contributed by atoms with E-state index in [1.54, 1.807) is 13.8 Å². The van der Waals surface area contributed by atoms with Gasteiger partial charge in [-0.15, -0.1) is 0 Å².